The van der Waals surface area contributed by atoms with E-state index in [2.05, 4.69) is 175 Å². The van der Waals surface area contributed by atoms with Crippen molar-refractivity contribution in [2.75, 3.05) is 4.90 Å². The van der Waals surface area contributed by atoms with Crippen LogP contribution in [0.3, 0.4) is 0 Å². The van der Waals surface area contributed by atoms with E-state index in [1.54, 1.807) is 0 Å². The Morgan fingerprint density at radius 1 is 0.321 bits per heavy atom. The Labute approximate surface area is 305 Å². The van der Waals surface area contributed by atoms with Crippen LogP contribution in [-0.2, 0) is 0 Å². The first kappa shape index (κ1) is 29.6. The van der Waals surface area contributed by atoms with Crippen molar-refractivity contribution < 1.29 is 8.83 Å². The molecule has 0 aliphatic rings. The molecule has 0 atom stereocenters. The molecule has 0 saturated heterocycles. The van der Waals surface area contributed by atoms with E-state index >= 15 is 0 Å². The van der Waals surface area contributed by atoms with Gasteiger partial charge >= 0.3 is 0 Å². The van der Waals surface area contributed by atoms with Crippen LogP contribution in [0.2, 0.25) is 0 Å². The van der Waals surface area contributed by atoms with Crippen molar-refractivity contribution in [3.05, 3.63) is 188 Å². The minimum absolute atomic E-state index is 0.850. The largest absolute Gasteiger partial charge is 0.455 e. The van der Waals surface area contributed by atoms with Gasteiger partial charge in [-0.05, 0) is 69.2 Å². The fraction of sp³-hybridized carbons (Fsp3) is 0. The molecule has 11 rings (SSSR count). The summed E-state index contributed by atoms with van der Waals surface area (Å²) < 4.78 is 13.3. The zero-order valence-corrected chi connectivity index (χ0v) is 28.7. The molecular weight excluding hydrogens is 647 g/mol. The average Bonchev–Trinajstić information content (AvgIpc) is 3.81. The van der Waals surface area contributed by atoms with E-state index in [1.165, 1.54) is 16.2 Å². The Bertz CT molecular complexity index is 3190. The topological polar surface area (TPSA) is 29.5 Å². The predicted molar refractivity (Wildman–Crippen MR) is 222 cm³/mol. The molecule has 2 aromatic heterocycles. The van der Waals surface area contributed by atoms with Gasteiger partial charge in [0, 0.05) is 38.2 Å². The van der Waals surface area contributed by atoms with Crippen LogP contribution >= 0.6 is 0 Å². The van der Waals surface area contributed by atoms with Gasteiger partial charge in [0.25, 0.3) is 0 Å². The smallest absolute Gasteiger partial charge is 0.159 e. The van der Waals surface area contributed by atoms with Gasteiger partial charge in [-0.1, -0.05) is 152 Å². The Balaban J connectivity index is 1.23. The summed E-state index contributed by atoms with van der Waals surface area (Å²) in [6.07, 6.45) is 0. The maximum Gasteiger partial charge on any atom is 0.159 e. The summed E-state index contributed by atoms with van der Waals surface area (Å²) in [6.45, 7) is 0. The van der Waals surface area contributed by atoms with Crippen LogP contribution < -0.4 is 4.90 Å². The molecule has 0 radical (unpaired) electrons. The van der Waals surface area contributed by atoms with Crippen molar-refractivity contribution in [2.24, 2.45) is 0 Å². The Kier molecular flexibility index (Phi) is 6.55. The van der Waals surface area contributed by atoms with Crippen molar-refractivity contribution in [3.63, 3.8) is 0 Å². The predicted octanol–water partition coefficient (Wildman–Crippen LogP) is 14.6. The molecule has 3 heteroatoms. The van der Waals surface area contributed by atoms with Crippen molar-refractivity contribution in [1.82, 2.24) is 0 Å². The second kappa shape index (κ2) is 11.7. The summed E-state index contributed by atoms with van der Waals surface area (Å²) in [5.74, 6) is 0. The van der Waals surface area contributed by atoms with Gasteiger partial charge in [0.2, 0.25) is 0 Å². The highest BCUT2D eigenvalue weighted by atomic mass is 16.3. The summed E-state index contributed by atoms with van der Waals surface area (Å²) >= 11 is 0. The van der Waals surface area contributed by atoms with Gasteiger partial charge in [-0.15, -0.1) is 0 Å². The van der Waals surface area contributed by atoms with E-state index in [4.69, 9.17) is 8.83 Å². The van der Waals surface area contributed by atoms with Gasteiger partial charge in [-0.2, -0.15) is 0 Å². The molecule has 0 fully saturated rings. The number of furan rings is 2. The Morgan fingerprint density at radius 3 is 1.68 bits per heavy atom. The van der Waals surface area contributed by atoms with Crippen LogP contribution in [0, 0.1) is 0 Å². The quantitative estimate of drug-likeness (QED) is 0.170. The lowest BCUT2D eigenvalue weighted by Crippen LogP contribution is -2.11. The molecule has 53 heavy (non-hydrogen) atoms. The molecular formula is C50H31NO2. The first-order valence-electron chi connectivity index (χ1n) is 18.0. The van der Waals surface area contributed by atoms with Crippen LogP contribution in [0.5, 0.6) is 0 Å². The maximum absolute atomic E-state index is 6.74. The highest BCUT2D eigenvalue weighted by molar-refractivity contribution is 6.17. The molecule has 248 valence electrons. The van der Waals surface area contributed by atoms with Crippen LogP contribution in [-0.4, -0.2) is 0 Å². The molecule has 0 spiro atoms. The monoisotopic (exact) mass is 677 g/mol. The van der Waals surface area contributed by atoms with Gasteiger partial charge in [-0.3, -0.25) is 0 Å². The van der Waals surface area contributed by atoms with Gasteiger partial charge in [0.05, 0.1) is 11.4 Å². The summed E-state index contributed by atoms with van der Waals surface area (Å²) in [7, 11) is 0. The number of para-hydroxylation sites is 4. The highest BCUT2D eigenvalue weighted by Gasteiger charge is 2.24. The molecule has 0 aliphatic heterocycles. The number of fused-ring (bicyclic) bond motifs is 9. The number of benzene rings is 9. The van der Waals surface area contributed by atoms with Gasteiger partial charge in [0.1, 0.15) is 16.7 Å². The molecule has 9 aromatic carbocycles. The molecule has 0 N–H and O–H groups in total. The fourth-order valence-corrected chi connectivity index (χ4v) is 8.26. The number of hydrogen-bond donors (Lipinski definition) is 0. The van der Waals surface area contributed by atoms with Gasteiger partial charge < -0.3 is 13.7 Å². The summed E-state index contributed by atoms with van der Waals surface area (Å²) in [6, 6.07) is 66.7. The lowest BCUT2D eigenvalue weighted by Gasteiger charge is -2.28. The Hall–Kier alpha value is -7.10. The van der Waals surface area contributed by atoms with E-state index in [0.717, 1.165) is 88.6 Å². The second-order valence-electron chi connectivity index (χ2n) is 13.6. The molecule has 0 unspecified atom stereocenters. The molecule has 2 heterocycles. The first-order valence-corrected chi connectivity index (χ1v) is 18.0. The van der Waals surface area contributed by atoms with Crippen molar-refractivity contribution in [2.45, 2.75) is 0 Å². The molecule has 0 aliphatic carbocycles. The number of anilines is 3. The highest BCUT2D eigenvalue weighted by Crippen LogP contribution is 2.48. The third-order valence-corrected chi connectivity index (χ3v) is 10.7. The zero-order chi connectivity index (χ0) is 34.9. The molecule has 0 saturated carbocycles. The fourth-order valence-electron chi connectivity index (χ4n) is 8.26. The van der Waals surface area contributed by atoms with E-state index in [9.17, 15) is 0 Å². The van der Waals surface area contributed by atoms with Gasteiger partial charge in [-0.25, -0.2) is 0 Å². The van der Waals surface area contributed by atoms with E-state index in [0.29, 0.717) is 0 Å². The minimum atomic E-state index is 0.850. The van der Waals surface area contributed by atoms with E-state index in [-0.39, 0.29) is 0 Å². The number of nitrogens with zero attached hydrogens (tertiary/aromatic N) is 1. The zero-order valence-electron chi connectivity index (χ0n) is 28.7. The number of hydrogen-bond acceptors (Lipinski definition) is 3. The van der Waals surface area contributed by atoms with E-state index < -0.39 is 0 Å². The maximum atomic E-state index is 6.74. The third kappa shape index (κ3) is 4.61. The standard InChI is InChI=1S/C50H31NO2/c1-2-14-32(15-3-1)44-31-34(28-29-37(44)41-22-12-23-42-39-20-8-10-26-47(39)52-49(41)42)51(45-25-13-24-43-40-21-9-11-27-48(40)53-50(43)45)46-30-33-16-4-5-17-35(33)36-18-6-7-19-38(36)46/h1-31H. The molecule has 0 bridgehead atoms. The number of rotatable bonds is 5. The normalized spacial score (nSPS) is 11.8. The third-order valence-electron chi connectivity index (χ3n) is 10.7. The van der Waals surface area contributed by atoms with E-state index in [1.807, 2.05) is 18.2 Å². The molecule has 3 nitrogen and oxygen atoms in total. The van der Waals surface area contributed by atoms with Crippen LogP contribution in [0.1, 0.15) is 0 Å². The summed E-state index contributed by atoms with van der Waals surface area (Å²) in [4.78, 5) is 2.39. The van der Waals surface area contributed by atoms with Crippen LogP contribution in [0.25, 0.3) is 87.7 Å². The van der Waals surface area contributed by atoms with Crippen molar-refractivity contribution >= 4 is 82.5 Å². The lowest BCUT2D eigenvalue weighted by molar-refractivity contribution is 0.669. The minimum Gasteiger partial charge on any atom is -0.455 e. The van der Waals surface area contributed by atoms with Crippen LogP contribution in [0.4, 0.5) is 17.1 Å². The Morgan fingerprint density at radius 2 is 0.906 bits per heavy atom. The van der Waals surface area contributed by atoms with Crippen molar-refractivity contribution in [3.8, 4) is 22.3 Å². The van der Waals surface area contributed by atoms with Crippen molar-refractivity contribution in [1.29, 1.82) is 0 Å². The first-order chi connectivity index (χ1) is 26.3. The summed E-state index contributed by atoms with van der Waals surface area (Å²) in [5.41, 5.74) is 11.0. The van der Waals surface area contributed by atoms with Gasteiger partial charge in [0.15, 0.2) is 5.58 Å². The summed E-state index contributed by atoms with van der Waals surface area (Å²) in [5, 5.41) is 9.21. The molecule has 0 amide bonds. The molecule has 11 aromatic rings. The SMILES string of the molecule is c1ccc(-c2cc(N(c3cc4ccccc4c4ccccc34)c3cccc4c3oc3ccccc34)ccc2-c2cccc3c2oc2ccccc23)cc1. The second-order valence-corrected chi connectivity index (χ2v) is 13.6. The average molecular weight is 678 g/mol. The lowest BCUT2D eigenvalue weighted by atomic mass is 9.92. The van der Waals surface area contributed by atoms with Crippen LogP contribution in [0.15, 0.2) is 197 Å².